The first-order valence-electron chi connectivity index (χ1n) is 7.54. The van der Waals surface area contributed by atoms with Crippen LogP contribution in [0.1, 0.15) is 26.3 Å². The molecular weight excluding hydrogens is 287 g/mol. The van der Waals surface area contributed by atoms with E-state index in [1.807, 2.05) is 24.3 Å². The lowest BCUT2D eigenvalue weighted by atomic mass is 9.87. The Labute approximate surface area is 133 Å². The molecule has 112 valence electrons. The largest absolute Gasteiger partial charge is 0.364 e. The van der Waals surface area contributed by atoms with Crippen molar-refractivity contribution in [3.63, 3.8) is 0 Å². The Kier molecular flexibility index (Phi) is 4.04. The molecule has 0 saturated heterocycles. The SMILES string of the molecule is CC(C)(C)c1ccc(P(O)c2cccc3ccccc23)cc1. The highest BCUT2D eigenvalue weighted by atomic mass is 31.1. The van der Waals surface area contributed by atoms with E-state index < -0.39 is 8.15 Å². The van der Waals surface area contributed by atoms with Crippen LogP contribution in [0, 0.1) is 0 Å². The summed E-state index contributed by atoms with van der Waals surface area (Å²) in [4.78, 5) is 10.8. The average Bonchev–Trinajstić information content (AvgIpc) is 2.53. The second kappa shape index (κ2) is 5.83. The van der Waals surface area contributed by atoms with Gasteiger partial charge >= 0.3 is 0 Å². The molecule has 0 aliphatic rings. The van der Waals surface area contributed by atoms with Gasteiger partial charge in [-0.15, -0.1) is 0 Å². The molecule has 3 rings (SSSR count). The fourth-order valence-electron chi connectivity index (χ4n) is 2.63. The van der Waals surface area contributed by atoms with Crippen molar-refractivity contribution in [3.8, 4) is 0 Å². The van der Waals surface area contributed by atoms with Crippen LogP contribution in [-0.4, -0.2) is 4.89 Å². The van der Waals surface area contributed by atoms with Crippen molar-refractivity contribution in [3.05, 3.63) is 72.3 Å². The molecular formula is C20H21OP. The van der Waals surface area contributed by atoms with Gasteiger partial charge in [-0.3, -0.25) is 0 Å². The molecule has 0 amide bonds. The van der Waals surface area contributed by atoms with Gasteiger partial charge in [0.2, 0.25) is 0 Å². The molecule has 1 atom stereocenters. The highest BCUT2D eigenvalue weighted by Gasteiger charge is 2.17. The number of fused-ring (bicyclic) bond motifs is 1. The third-order valence-electron chi connectivity index (χ3n) is 3.97. The van der Waals surface area contributed by atoms with E-state index in [0.717, 1.165) is 16.0 Å². The van der Waals surface area contributed by atoms with E-state index in [4.69, 9.17) is 0 Å². The first kappa shape index (κ1) is 15.2. The van der Waals surface area contributed by atoms with Crippen molar-refractivity contribution in [2.45, 2.75) is 26.2 Å². The molecule has 0 spiro atoms. The molecule has 1 unspecified atom stereocenters. The molecule has 0 aliphatic heterocycles. The summed E-state index contributed by atoms with van der Waals surface area (Å²) in [5.41, 5.74) is 1.42. The maximum atomic E-state index is 10.8. The zero-order valence-corrected chi connectivity index (χ0v) is 14.1. The van der Waals surface area contributed by atoms with Crippen molar-refractivity contribution in [1.82, 2.24) is 0 Å². The van der Waals surface area contributed by atoms with Crippen molar-refractivity contribution in [2.24, 2.45) is 0 Å². The smallest absolute Gasteiger partial charge is 0.0883 e. The zero-order valence-electron chi connectivity index (χ0n) is 13.2. The summed E-state index contributed by atoms with van der Waals surface area (Å²) >= 11 is 0. The highest BCUT2D eigenvalue weighted by Crippen LogP contribution is 2.32. The lowest BCUT2D eigenvalue weighted by Crippen LogP contribution is -2.15. The van der Waals surface area contributed by atoms with Crippen LogP contribution in [0.5, 0.6) is 0 Å². The van der Waals surface area contributed by atoms with Gasteiger partial charge in [-0.05, 0) is 21.8 Å². The van der Waals surface area contributed by atoms with E-state index in [2.05, 4.69) is 63.2 Å². The van der Waals surface area contributed by atoms with Gasteiger partial charge < -0.3 is 4.89 Å². The third-order valence-corrected chi connectivity index (χ3v) is 5.61. The Morgan fingerprint density at radius 1 is 0.773 bits per heavy atom. The molecule has 0 heterocycles. The van der Waals surface area contributed by atoms with Crippen molar-refractivity contribution < 1.29 is 4.89 Å². The quantitative estimate of drug-likeness (QED) is 0.692. The Bertz CT molecular complexity index is 779. The van der Waals surface area contributed by atoms with Gasteiger partial charge in [-0.25, -0.2) is 0 Å². The predicted octanol–water partition coefficient (Wildman–Crippen LogP) is 4.48. The van der Waals surface area contributed by atoms with Gasteiger partial charge in [0.1, 0.15) is 0 Å². The second-order valence-electron chi connectivity index (χ2n) is 6.61. The van der Waals surface area contributed by atoms with Crippen LogP contribution in [0.25, 0.3) is 10.8 Å². The minimum absolute atomic E-state index is 0.135. The van der Waals surface area contributed by atoms with Crippen LogP contribution in [0.2, 0.25) is 0 Å². The molecule has 3 aromatic rings. The average molecular weight is 308 g/mol. The molecule has 0 fully saturated rings. The molecule has 0 bridgehead atoms. The van der Waals surface area contributed by atoms with Crippen molar-refractivity contribution >= 4 is 29.5 Å². The minimum atomic E-state index is -1.32. The molecule has 22 heavy (non-hydrogen) atoms. The molecule has 0 aromatic heterocycles. The van der Waals surface area contributed by atoms with Crippen molar-refractivity contribution in [1.29, 1.82) is 0 Å². The molecule has 1 N–H and O–H groups in total. The third kappa shape index (κ3) is 2.92. The van der Waals surface area contributed by atoms with Crippen LogP contribution in [0.4, 0.5) is 0 Å². The Hall–Kier alpha value is -1.69. The molecule has 0 aliphatic carbocycles. The van der Waals surface area contributed by atoms with Gasteiger partial charge in [0.25, 0.3) is 0 Å². The lowest BCUT2D eigenvalue weighted by Gasteiger charge is -2.20. The normalized spacial score (nSPS) is 13.3. The van der Waals surface area contributed by atoms with E-state index in [-0.39, 0.29) is 5.41 Å². The summed E-state index contributed by atoms with van der Waals surface area (Å²) in [6.07, 6.45) is 0. The van der Waals surface area contributed by atoms with Crippen LogP contribution in [0.15, 0.2) is 66.7 Å². The van der Waals surface area contributed by atoms with E-state index in [1.165, 1.54) is 10.9 Å². The molecule has 2 heteroatoms. The van der Waals surface area contributed by atoms with Crippen LogP contribution >= 0.6 is 8.15 Å². The van der Waals surface area contributed by atoms with Crippen LogP contribution < -0.4 is 10.6 Å². The fraction of sp³-hybridized carbons (Fsp3) is 0.200. The van der Waals surface area contributed by atoms with E-state index in [0.29, 0.717) is 0 Å². The predicted molar refractivity (Wildman–Crippen MR) is 97.5 cm³/mol. The molecule has 1 nitrogen and oxygen atoms in total. The maximum Gasteiger partial charge on any atom is 0.0883 e. The number of hydrogen-bond donors (Lipinski definition) is 1. The van der Waals surface area contributed by atoms with Gasteiger partial charge in [-0.1, -0.05) is 87.5 Å². The fourth-order valence-corrected chi connectivity index (χ4v) is 4.00. The second-order valence-corrected chi connectivity index (χ2v) is 8.23. The Morgan fingerprint density at radius 2 is 1.41 bits per heavy atom. The van der Waals surface area contributed by atoms with E-state index in [1.54, 1.807) is 0 Å². The van der Waals surface area contributed by atoms with Crippen LogP contribution in [0.3, 0.4) is 0 Å². The maximum absolute atomic E-state index is 10.8. The monoisotopic (exact) mass is 308 g/mol. The summed E-state index contributed by atoms with van der Waals surface area (Å²) in [5, 5.41) is 4.34. The summed E-state index contributed by atoms with van der Waals surface area (Å²) in [6, 6.07) is 22.8. The first-order valence-corrected chi connectivity index (χ1v) is 8.83. The van der Waals surface area contributed by atoms with Crippen LogP contribution in [-0.2, 0) is 5.41 Å². The summed E-state index contributed by atoms with van der Waals surface area (Å²) in [7, 11) is -1.32. The molecule has 3 aromatic carbocycles. The Balaban J connectivity index is 2.01. The Morgan fingerprint density at radius 3 is 2.09 bits per heavy atom. The van der Waals surface area contributed by atoms with E-state index in [9.17, 15) is 4.89 Å². The highest BCUT2D eigenvalue weighted by molar-refractivity contribution is 7.68. The van der Waals surface area contributed by atoms with Gasteiger partial charge in [-0.2, -0.15) is 0 Å². The topological polar surface area (TPSA) is 20.2 Å². The first-order chi connectivity index (χ1) is 10.5. The van der Waals surface area contributed by atoms with Gasteiger partial charge in [0.05, 0.1) is 8.15 Å². The number of hydrogen-bond acceptors (Lipinski definition) is 1. The lowest BCUT2D eigenvalue weighted by molar-refractivity contribution is 0.590. The van der Waals surface area contributed by atoms with Gasteiger partial charge in [0.15, 0.2) is 0 Å². The minimum Gasteiger partial charge on any atom is -0.364 e. The summed E-state index contributed by atoms with van der Waals surface area (Å²) in [5.74, 6) is 0. The summed E-state index contributed by atoms with van der Waals surface area (Å²) in [6.45, 7) is 6.61. The van der Waals surface area contributed by atoms with Gasteiger partial charge in [0, 0.05) is 10.6 Å². The zero-order chi connectivity index (χ0) is 15.7. The molecule has 0 saturated carbocycles. The van der Waals surface area contributed by atoms with E-state index >= 15 is 0 Å². The number of rotatable bonds is 2. The van der Waals surface area contributed by atoms with Crippen molar-refractivity contribution in [2.75, 3.05) is 0 Å². The summed E-state index contributed by atoms with van der Waals surface area (Å²) < 4.78 is 0. The number of benzene rings is 3. The molecule has 0 radical (unpaired) electrons. The standard InChI is InChI=1S/C20H21OP/c1-20(2,3)16-11-13-17(14-12-16)22(21)19-10-6-8-15-7-4-5-9-18(15)19/h4-14,21H,1-3H3.